The lowest BCUT2D eigenvalue weighted by Gasteiger charge is -2.29. The van der Waals surface area contributed by atoms with Crippen molar-refractivity contribution in [1.82, 2.24) is 5.32 Å². The minimum Gasteiger partial charge on any atom is -0.374 e. The Hall–Kier alpha value is -1.02. The van der Waals surface area contributed by atoms with Crippen molar-refractivity contribution in [3.63, 3.8) is 0 Å². The average Bonchev–Trinajstić information content (AvgIpc) is 2.41. The summed E-state index contributed by atoms with van der Waals surface area (Å²) in [6, 6.07) is 7.15. The molecule has 1 atom stereocenters. The summed E-state index contributed by atoms with van der Waals surface area (Å²) in [5.74, 6) is 0.839. The van der Waals surface area contributed by atoms with Gasteiger partial charge in [-0.3, -0.25) is 0 Å². The molecule has 1 fully saturated rings. The molecule has 0 spiro atoms. The predicted molar refractivity (Wildman–Crippen MR) is 77.3 cm³/mol. The second kappa shape index (κ2) is 5.31. The van der Waals surface area contributed by atoms with Crippen LogP contribution in [-0.4, -0.2) is 26.7 Å². The van der Waals surface area contributed by atoms with E-state index in [1.807, 2.05) is 0 Å². The maximum absolute atomic E-state index is 3.52. The average molecular weight is 244 g/mol. The fourth-order valence-corrected chi connectivity index (χ4v) is 3.36. The summed E-state index contributed by atoms with van der Waals surface area (Å²) >= 11 is 0. The van der Waals surface area contributed by atoms with Crippen LogP contribution in [0.1, 0.15) is 30.4 Å². The van der Waals surface area contributed by atoms with Gasteiger partial charge in [-0.05, 0) is 68.3 Å². The summed E-state index contributed by atoms with van der Waals surface area (Å²) < 4.78 is 0. The van der Waals surface area contributed by atoms with Crippen molar-refractivity contribution in [3.8, 4) is 0 Å². The molecule has 2 heterocycles. The van der Waals surface area contributed by atoms with Crippen LogP contribution in [0.5, 0.6) is 0 Å². The van der Waals surface area contributed by atoms with Gasteiger partial charge in [0.2, 0.25) is 0 Å². The van der Waals surface area contributed by atoms with Crippen LogP contribution in [0.2, 0.25) is 0 Å². The summed E-state index contributed by atoms with van der Waals surface area (Å²) in [6.45, 7) is 3.62. The zero-order valence-electron chi connectivity index (χ0n) is 11.4. The molecule has 0 amide bonds. The van der Waals surface area contributed by atoms with E-state index in [0.29, 0.717) is 0 Å². The van der Waals surface area contributed by atoms with Crippen LogP contribution >= 0.6 is 0 Å². The predicted octanol–water partition coefficient (Wildman–Crippen LogP) is 2.61. The zero-order chi connectivity index (χ0) is 12.4. The molecule has 1 aromatic carbocycles. The van der Waals surface area contributed by atoms with Crippen LogP contribution in [-0.2, 0) is 12.8 Å². The summed E-state index contributed by atoms with van der Waals surface area (Å²) in [5, 5.41) is 3.52. The maximum atomic E-state index is 3.52. The molecule has 1 saturated heterocycles. The lowest BCUT2D eigenvalue weighted by atomic mass is 9.90. The molecule has 2 aliphatic heterocycles. The minimum absolute atomic E-state index is 0.839. The quantitative estimate of drug-likeness (QED) is 0.860. The van der Waals surface area contributed by atoms with Gasteiger partial charge in [-0.2, -0.15) is 0 Å². The van der Waals surface area contributed by atoms with E-state index in [2.05, 4.69) is 35.5 Å². The van der Waals surface area contributed by atoms with Gasteiger partial charge < -0.3 is 10.2 Å². The molecule has 2 aliphatic rings. The number of rotatable bonds is 2. The standard InChI is InChI=1S/C16H24N2/c1-18-9-3-5-15-7-6-13(11-16(15)18)10-14-4-2-8-17-12-14/h6-7,11,14,17H,2-5,8-10,12H2,1H3. The molecule has 18 heavy (non-hydrogen) atoms. The first-order valence-electron chi connectivity index (χ1n) is 7.36. The van der Waals surface area contributed by atoms with E-state index in [-0.39, 0.29) is 0 Å². The molecule has 3 rings (SSSR count). The monoisotopic (exact) mass is 244 g/mol. The molecule has 98 valence electrons. The zero-order valence-corrected chi connectivity index (χ0v) is 11.4. The number of benzene rings is 1. The van der Waals surface area contributed by atoms with Gasteiger partial charge in [-0.1, -0.05) is 12.1 Å². The van der Waals surface area contributed by atoms with Crippen molar-refractivity contribution >= 4 is 5.69 Å². The molecule has 1 unspecified atom stereocenters. The Labute approximate surface area is 110 Å². The van der Waals surface area contributed by atoms with E-state index in [0.717, 1.165) is 5.92 Å². The largest absolute Gasteiger partial charge is 0.374 e. The molecule has 2 nitrogen and oxygen atoms in total. The lowest BCUT2D eigenvalue weighted by Crippen LogP contribution is -2.31. The lowest BCUT2D eigenvalue weighted by molar-refractivity contribution is 0.376. The molecular formula is C16H24N2. The molecule has 0 aromatic heterocycles. The van der Waals surface area contributed by atoms with Crippen LogP contribution in [0, 0.1) is 5.92 Å². The van der Waals surface area contributed by atoms with Gasteiger partial charge in [0.25, 0.3) is 0 Å². The Morgan fingerprint density at radius 2 is 2.28 bits per heavy atom. The molecule has 0 aliphatic carbocycles. The number of piperidine rings is 1. The van der Waals surface area contributed by atoms with Crippen molar-refractivity contribution < 1.29 is 0 Å². The van der Waals surface area contributed by atoms with E-state index in [4.69, 9.17) is 0 Å². The molecule has 2 heteroatoms. The molecule has 1 N–H and O–H groups in total. The normalized spacial score (nSPS) is 23.8. The van der Waals surface area contributed by atoms with E-state index >= 15 is 0 Å². The summed E-state index contributed by atoms with van der Waals surface area (Å²) in [4.78, 5) is 2.42. The topological polar surface area (TPSA) is 15.3 Å². The second-order valence-electron chi connectivity index (χ2n) is 5.90. The third kappa shape index (κ3) is 2.54. The molecule has 0 bridgehead atoms. The van der Waals surface area contributed by atoms with Crippen LogP contribution in [0.4, 0.5) is 5.69 Å². The van der Waals surface area contributed by atoms with Gasteiger partial charge in [-0.25, -0.2) is 0 Å². The van der Waals surface area contributed by atoms with Crippen LogP contribution in [0.25, 0.3) is 0 Å². The van der Waals surface area contributed by atoms with Crippen LogP contribution in [0.3, 0.4) is 0 Å². The molecule has 1 aromatic rings. The van der Waals surface area contributed by atoms with E-state index < -0.39 is 0 Å². The van der Waals surface area contributed by atoms with Crippen LogP contribution < -0.4 is 10.2 Å². The van der Waals surface area contributed by atoms with Crippen molar-refractivity contribution in [2.45, 2.75) is 32.1 Å². The minimum atomic E-state index is 0.839. The number of hydrogen-bond acceptors (Lipinski definition) is 2. The molecule has 0 saturated carbocycles. The highest BCUT2D eigenvalue weighted by molar-refractivity contribution is 5.56. The fraction of sp³-hybridized carbons (Fsp3) is 0.625. The highest BCUT2D eigenvalue weighted by Gasteiger charge is 2.17. The Kier molecular flexibility index (Phi) is 3.55. The van der Waals surface area contributed by atoms with Crippen molar-refractivity contribution in [2.75, 3.05) is 31.6 Å². The van der Waals surface area contributed by atoms with Gasteiger partial charge in [0.05, 0.1) is 0 Å². The Morgan fingerprint density at radius 3 is 3.11 bits per heavy atom. The highest BCUT2D eigenvalue weighted by Crippen LogP contribution is 2.28. The molecule has 0 radical (unpaired) electrons. The van der Waals surface area contributed by atoms with E-state index in [9.17, 15) is 0 Å². The summed E-state index contributed by atoms with van der Waals surface area (Å²) in [5.41, 5.74) is 4.54. The van der Waals surface area contributed by atoms with Gasteiger partial charge in [-0.15, -0.1) is 0 Å². The number of anilines is 1. The number of aryl methyl sites for hydroxylation is 1. The molecular weight excluding hydrogens is 220 g/mol. The van der Waals surface area contributed by atoms with Crippen molar-refractivity contribution in [1.29, 1.82) is 0 Å². The first kappa shape index (κ1) is 12.0. The van der Waals surface area contributed by atoms with E-state index in [1.165, 1.54) is 68.6 Å². The summed E-state index contributed by atoms with van der Waals surface area (Å²) in [6.07, 6.45) is 6.53. The number of fused-ring (bicyclic) bond motifs is 1. The van der Waals surface area contributed by atoms with Gasteiger partial charge in [0.15, 0.2) is 0 Å². The smallest absolute Gasteiger partial charge is 0.0398 e. The third-order valence-electron chi connectivity index (χ3n) is 4.42. The second-order valence-corrected chi connectivity index (χ2v) is 5.90. The Balaban J connectivity index is 1.74. The SMILES string of the molecule is CN1CCCc2ccc(CC3CCCNC3)cc21. The number of nitrogens with zero attached hydrogens (tertiary/aromatic N) is 1. The number of hydrogen-bond donors (Lipinski definition) is 1. The third-order valence-corrected chi connectivity index (χ3v) is 4.42. The van der Waals surface area contributed by atoms with Gasteiger partial charge in [0, 0.05) is 19.3 Å². The first-order chi connectivity index (χ1) is 8.83. The van der Waals surface area contributed by atoms with Crippen LogP contribution in [0.15, 0.2) is 18.2 Å². The van der Waals surface area contributed by atoms with Gasteiger partial charge >= 0.3 is 0 Å². The Bertz CT molecular complexity index is 408. The maximum Gasteiger partial charge on any atom is 0.0398 e. The van der Waals surface area contributed by atoms with Crippen molar-refractivity contribution in [2.24, 2.45) is 5.92 Å². The van der Waals surface area contributed by atoms with E-state index in [1.54, 1.807) is 0 Å². The highest BCUT2D eigenvalue weighted by atomic mass is 15.1. The van der Waals surface area contributed by atoms with Crippen molar-refractivity contribution in [3.05, 3.63) is 29.3 Å². The fourth-order valence-electron chi connectivity index (χ4n) is 3.36. The summed E-state index contributed by atoms with van der Waals surface area (Å²) in [7, 11) is 2.23. The van der Waals surface area contributed by atoms with Gasteiger partial charge in [0.1, 0.15) is 0 Å². The first-order valence-corrected chi connectivity index (χ1v) is 7.36. The number of nitrogens with one attached hydrogen (secondary N) is 1. The Morgan fingerprint density at radius 1 is 1.33 bits per heavy atom.